The molecule has 1 aliphatic heterocycles. The highest BCUT2D eigenvalue weighted by atomic mass is 32.1. The van der Waals surface area contributed by atoms with E-state index in [1.54, 1.807) is 16.2 Å². The highest BCUT2D eigenvalue weighted by molar-refractivity contribution is 7.12. The van der Waals surface area contributed by atoms with Crippen molar-refractivity contribution in [1.29, 1.82) is 0 Å². The summed E-state index contributed by atoms with van der Waals surface area (Å²) in [5, 5.41) is 1.07. The maximum absolute atomic E-state index is 11.4. The molecule has 0 spiro atoms. The molecule has 1 amide bonds. The van der Waals surface area contributed by atoms with Crippen LogP contribution in [-0.4, -0.2) is 35.7 Å². The SMILES string of the molecule is Cc1sc(CCN2CCOC2=O)nc1-c1ccccc1. The summed E-state index contributed by atoms with van der Waals surface area (Å²) in [5.41, 5.74) is 2.20. The van der Waals surface area contributed by atoms with Gasteiger partial charge in [0.25, 0.3) is 0 Å². The van der Waals surface area contributed by atoms with Gasteiger partial charge in [-0.3, -0.25) is 0 Å². The van der Waals surface area contributed by atoms with E-state index in [0.29, 0.717) is 19.7 Å². The van der Waals surface area contributed by atoms with Crippen molar-refractivity contribution < 1.29 is 9.53 Å². The van der Waals surface area contributed by atoms with Gasteiger partial charge in [-0.15, -0.1) is 11.3 Å². The van der Waals surface area contributed by atoms with Crippen molar-refractivity contribution in [1.82, 2.24) is 9.88 Å². The first-order valence-corrected chi connectivity index (χ1v) is 7.49. The number of carbonyl (C=O) groups excluding carboxylic acids is 1. The molecule has 104 valence electrons. The normalized spacial score (nSPS) is 14.7. The molecule has 1 aliphatic rings. The van der Waals surface area contributed by atoms with Gasteiger partial charge in [0.05, 0.1) is 17.2 Å². The summed E-state index contributed by atoms with van der Waals surface area (Å²) < 4.78 is 4.92. The minimum atomic E-state index is -0.207. The molecule has 20 heavy (non-hydrogen) atoms. The summed E-state index contributed by atoms with van der Waals surface area (Å²) in [7, 11) is 0. The van der Waals surface area contributed by atoms with E-state index in [2.05, 4.69) is 19.1 Å². The Kier molecular flexibility index (Phi) is 3.69. The first-order valence-electron chi connectivity index (χ1n) is 6.67. The van der Waals surface area contributed by atoms with Gasteiger partial charge in [0.1, 0.15) is 6.61 Å². The standard InChI is InChI=1S/C15H16N2O2S/c1-11-14(12-5-3-2-4-6-12)16-13(20-11)7-8-17-9-10-19-15(17)18/h2-6H,7-10H2,1H3. The number of nitrogens with zero attached hydrogens (tertiary/aromatic N) is 2. The van der Waals surface area contributed by atoms with Crippen LogP contribution in [0.2, 0.25) is 0 Å². The molecule has 2 heterocycles. The molecular weight excluding hydrogens is 272 g/mol. The minimum absolute atomic E-state index is 0.207. The second kappa shape index (κ2) is 5.63. The summed E-state index contributed by atoms with van der Waals surface area (Å²) >= 11 is 1.70. The van der Waals surface area contributed by atoms with Gasteiger partial charge in [0, 0.05) is 23.4 Å². The third kappa shape index (κ3) is 2.67. The van der Waals surface area contributed by atoms with Crippen LogP contribution in [0.15, 0.2) is 30.3 Å². The molecule has 0 saturated carbocycles. The van der Waals surface area contributed by atoms with Crippen LogP contribution in [0.1, 0.15) is 9.88 Å². The summed E-state index contributed by atoms with van der Waals surface area (Å²) in [6.07, 6.45) is 0.578. The van der Waals surface area contributed by atoms with Gasteiger partial charge < -0.3 is 9.64 Å². The topological polar surface area (TPSA) is 42.4 Å². The molecule has 0 bridgehead atoms. The van der Waals surface area contributed by atoms with E-state index in [1.807, 2.05) is 18.2 Å². The lowest BCUT2D eigenvalue weighted by molar-refractivity contribution is 0.159. The molecule has 0 aliphatic carbocycles. The molecule has 0 atom stereocenters. The lowest BCUT2D eigenvalue weighted by Crippen LogP contribution is -2.26. The molecule has 1 aromatic heterocycles. The smallest absolute Gasteiger partial charge is 0.409 e. The van der Waals surface area contributed by atoms with Crippen LogP contribution in [0.25, 0.3) is 11.3 Å². The predicted molar refractivity (Wildman–Crippen MR) is 78.9 cm³/mol. The Hall–Kier alpha value is -1.88. The number of amides is 1. The fraction of sp³-hybridized carbons (Fsp3) is 0.333. The zero-order valence-corrected chi connectivity index (χ0v) is 12.2. The van der Waals surface area contributed by atoms with Crippen LogP contribution in [-0.2, 0) is 11.2 Å². The fourth-order valence-electron chi connectivity index (χ4n) is 2.28. The molecule has 0 unspecified atom stereocenters. The van der Waals surface area contributed by atoms with Crippen molar-refractivity contribution in [3.05, 3.63) is 40.2 Å². The van der Waals surface area contributed by atoms with Gasteiger partial charge in [-0.25, -0.2) is 9.78 Å². The quantitative estimate of drug-likeness (QED) is 0.868. The van der Waals surface area contributed by atoms with Gasteiger partial charge in [-0.2, -0.15) is 0 Å². The van der Waals surface area contributed by atoms with Gasteiger partial charge in [-0.05, 0) is 6.92 Å². The molecule has 4 nitrogen and oxygen atoms in total. The predicted octanol–water partition coefficient (Wildman–Crippen LogP) is 3.11. The third-order valence-electron chi connectivity index (χ3n) is 3.33. The van der Waals surface area contributed by atoms with Crippen molar-refractivity contribution in [2.24, 2.45) is 0 Å². The van der Waals surface area contributed by atoms with Crippen molar-refractivity contribution in [2.75, 3.05) is 19.7 Å². The molecule has 1 aromatic carbocycles. The molecular formula is C15H16N2O2S. The molecule has 3 rings (SSSR count). The first-order chi connectivity index (χ1) is 9.74. The number of thiazole rings is 1. The Balaban J connectivity index is 1.71. The van der Waals surface area contributed by atoms with E-state index >= 15 is 0 Å². The van der Waals surface area contributed by atoms with Crippen molar-refractivity contribution in [3.8, 4) is 11.3 Å². The van der Waals surface area contributed by atoms with Crippen LogP contribution in [0, 0.1) is 6.92 Å². The summed E-state index contributed by atoms with van der Waals surface area (Å²) in [6, 6.07) is 10.2. The van der Waals surface area contributed by atoms with E-state index in [0.717, 1.165) is 22.7 Å². The Morgan fingerprint density at radius 3 is 2.85 bits per heavy atom. The van der Waals surface area contributed by atoms with Crippen LogP contribution >= 0.6 is 11.3 Å². The maximum atomic E-state index is 11.4. The average molecular weight is 288 g/mol. The monoisotopic (exact) mass is 288 g/mol. The van der Waals surface area contributed by atoms with Crippen LogP contribution < -0.4 is 0 Å². The van der Waals surface area contributed by atoms with E-state index in [9.17, 15) is 4.79 Å². The van der Waals surface area contributed by atoms with Gasteiger partial charge >= 0.3 is 6.09 Å². The lowest BCUT2D eigenvalue weighted by Gasteiger charge is -2.10. The number of hydrogen-bond acceptors (Lipinski definition) is 4. The lowest BCUT2D eigenvalue weighted by atomic mass is 10.1. The number of aryl methyl sites for hydroxylation is 1. The van der Waals surface area contributed by atoms with E-state index < -0.39 is 0 Å². The summed E-state index contributed by atoms with van der Waals surface area (Å²) in [4.78, 5) is 19.0. The van der Waals surface area contributed by atoms with E-state index in [4.69, 9.17) is 9.72 Å². The Morgan fingerprint density at radius 1 is 1.35 bits per heavy atom. The van der Waals surface area contributed by atoms with Gasteiger partial charge in [0.2, 0.25) is 0 Å². The molecule has 5 heteroatoms. The first kappa shape index (κ1) is 13.1. The summed E-state index contributed by atoms with van der Waals surface area (Å²) in [5.74, 6) is 0. The Labute approximate surface area is 122 Å². The van der Waals surface area contributed by atoms with E-state index in [-0.39, 0.29) is 6.09 Å². The number of aromatic nitrogens is 1. The third-order valence-corrected chi connectivity index (χ3v) is 4.36. The van der Waals surface area contributed by atoms with Crippen molar-refractivity contribution >= 4 is 17.4 Å². The second-order valence-electron chi connectivity index (χ2n) is 4.73. The second-order valence-corrected chi connectivity index (χ2v) is 6.02. The molecule has 1 saturated heterocycles. The van der Waals surface area contributed by atoms with Crippen molar-refractivity contribution in [3.63, 3.8) is 0 Å². The van der Waals surface area contributed by atoms with Crippen molar-refractivity contribution in [2.45, 2.75) is 13.3 Å². The van der Waals surface area contributed by atoms with Gasteiger partial charge in [-0.1, -0.05) is 30.3 Å². The highest BCUT2D eigenvalue weighted by Gasteiger charge is 2.21. The zero-order valence-electron chi connectivity index (χ0n) is 11.3. The number of benzene rings is 1. The van der Waals surface area contributed by atoms with E-state index in [1.165, 1.54) is 4.88 Å². The van der Waals surface area contributed by atoms with Crippen LogP contribution in [0.3, 0.4) is 0 Å². The molecule has 0 radical (unpaired) electrons. The molecule has 1 fully saturated rings. The Morgan fingerprint density at radius 2 is 2.15 bits per heavy atom. The van der Waals surface area contributed by atoms with Crippen LogP contribution in [0.5, 0.6) is 0 Å². The Bertz CT molecular complexity index is 610. The number of carbonyl (C=O) groups is 1. The fourth-order valence-corrected chi connectivity index (χ4v) is 3.23. The maximum Gasteiger partial charge on any atom is 0.409 e. The van der Waals surface area contributed by atoms with Gasteiger partial charge in [0.15, 0.2) is 0 Å². The molecule has 0 N–H and O–H groups in total. The summed E-state index contributed by atoms with van der Waals surface area (Å²) in [6.45, 7) is 3.97. The number of ether oxygens (including phenoxy) is 1. The minimum Gasteiger partial charge on any atom is -0.448 e. The molecule has 2 aromatic rings. The highest BCUT2D eigenvalue weighted by Crippen LogP contribution is 2.27. The van der Waals surface area contributed by atoms with Crippen LogP contribution in [0.4, 0.5) is 4.79 Å². The largest absolute Gasteiger partial charge is 0.448 e. The zero-order chi connectivity index (χ0) is 13.9. The average Bonchev–Trinajstić information content (AvgIpc) is 3.03. The number of rotatable bonds is 4. The number of cyclic esters (lactones) is 1. The number of hydrogen-bond donors (Lipinski definition) is 0.